The predicted molar refractivity (Wildman–Crippen MR) is 125 cm³/mol. The average molecular weight is 453 g/mol. The molecule has 33 heavy (non-hydrogen) atoms. The zero-order valence-electron chi connectivity index (χ0n) is 19.7. The van der Waals surface area contributed by atoms with Crippen LogP contribution in [-0.4, -0.2) is 47.3 Å². The molecule has 0 saturated carbocycles. The third kappa shape index (κ3) is 4.92. The van der Waals surface area contributed by atoms with Crippen molar-refractivity contribution in [3.8, 4) is 11.5 Å². The number of likely N-dealkylation sites (tertiary alicyclic amines) is 1. The fourth-order valence-corrected chi connectivity index (χ4v) is 4.53. The number of alkyl carbamates (subject to hydrolysis) is 1. The average Bonchev–Trinajstić information content (AvgIpc) is 3.10. The first kappa shape index (κ1) is 23.0. The fraction of sp³-hybridized carbons (Fsp3) is 0.462. The molecule has 2 N–H and O–H groups in total. The molecule has 2 amide bonds. The summed E-state index contributed by atoms with van der Waals surface area (Å²) in [7, 11) is 0. The maximum absolute atomic E-state index is 13.0. The molecule has 2 aromatic rings. The summed E-state index contributed by atoms with van der Waals surface area (Å²) in [5.41, 5.74) is 2.77. The number of carbonyl (C=O) groups excluding carboxylic acids is 2. The van der Waals surface area contributed by atoms with Crippen molar-refractivity contribution in [3.63, 3.8) is 0 Å². The standard InChI is InChI=1S/C26H32N2O5/c1-17-13-19(6-7-21(17)29)23(30)28-11-9-26(10-12-28)16-32-22-8-5-18(14-20(22)26)15-27-24(31)33-25(2,3)4/h5-8,13-14,29H,9-12,15-16H2,1-4H3,(H,27,31). The van der Waals surface area contributed by atoms with Crippen molar-refractivity contribution in [3.05, 3.63) is 58.7 Å². The molecule has 0 aromatic heterocycles. The van der Waals surface area contributed by atoms with Gasteiger partial charge in [0.15, 0.2) is 0 Å². The highest BCUT2D eigenvalue weighted by Crippen LogP contribution is 2.46. The van der Waals surface area contributed by atoms with Crippen molar-refractivity contribution in [1.82, 2.24) is 10.2 Å². The molecule has 0 atom stereocenters. The number of nitrogens with one attached hydrogen (secondary N) is 1. The molecule has 0 radical (unpaired) electrons. The van der Waals surface area contributed by atoms with Crippen LogP contribution < -0.4 is 10.1 Å². The molecule has 2 aliphatic heterocycles. The largest absolute Gasteiger partial charge is 0.508 e. The lowest BCUT2D eigenvalue weighted by atomic mass is 9.74. The molecule has 2 heterocycles. The van der Waals surface area contributed by atoms with Gasteiger partial charge in [-0.3, -0.25) is 4.79 Å². The van der Waals surface area contributed by atoms with Crippen LogP contribution in [-0.2, 0) is 16.7 Å². The molecule has 176 valence electrons. The number of ether oxygens (including phenoxy) is 2. The molecule has 0 unspecified atom stereocenters. The maximum Gasteiger partial charge on any atom is 0.407 e. The number of aryl methyl sites for hydroxylation is 1. The summed E-state index contributed by atoms with van der Waals surface area (Å²) in [5, 5.41) is 12.6. The summed E-state index contributed by atoms with van der Waals surface area (Å²) in [6, 6.07) is 11.0. The number of piperidine rings is 1. The summed E-state index contributed by atoms with van der Waals surface area (Å²) in [6.07, 6.45) is 1.18. The van der Waals surface area contributed by atoms with Crippen molar-refractivity contribution >= 4 is 12.0 Å². The lowest BCUT2D eigenvalue weighted by molar-refractivity contribution is 0.0523. The van der Waals surface area contributed by atoms with Crippen molar-refractivity contribution in [1.29, 1.82) is 0 Å². The molecule has 1 fully saturated rings. The Morgan fingerprint density at radius 1 is 1.15 bits per heavy atom. The van der Waals surface area contributed by atoms with E-state index in [1.54, 1.807) is 25.1 Å². The number of phenols is 1. The second-order valence-electron chi connectivity index (χ2n) is 10.0. The van der Waals surface area contributed by atoms with Crippen molar-refractivity contribution in [2.75, 3.05) is 19.7 Å². The molecule has 7 nitrogen and oxygen atoms in total. The molecule has 1 spiro atoms. The minimum atomic E-state index is -0.538. The summed E-state index contributed by atoms with van der Waals surface area (Å²) in [5.74, 6) is 1.06. The second kappa shape index (κ2) is 8.61. The van der Waals surface area contributed by atoms with E-state index >= 15 is 0 Å². The van der Waals surface area contributed by atoms with Crippen LogP contribution in [0.4, 0.5) is 4.79 Å². The number of carbonyl (C=O) groups is 2. The number of benzene rings is 2. The Labute approximate surface area is 194 Å². The van der Waals surface area contributed by atoms with Crippen LogP contribution in [0.1, 0.15) is 60.7 Å². The van der Waals surface area contributed by atoms with E-state index < -0.39 is 11.7 Å². The lowest BCUT2D eigenvalue weighted by Gasteiger charge is -2.38. The van der Waals surface area contributed by atoms with E-state index in [1.165, 1.54) is 0 Å². The molecular weight excluding hydrogens is 420 g/mol. The monoisotopic (exact) mass is 452 g/mol. The Balaban J connectivity index is 1.42. The van der Waals surface area contributed by atoms with Crippen LogP contribution in [0.25, 0.3) is 0 Å². The van der Waals surface area contributed by atoms with Gasteiger partial charge >= 0.3 is 6.09 Å². The van der Waals surface area contributed by atoms with E-state index in [9.17, 15) is 14.7 Å². The summed E-state index contributed by atoms with van der Waals surface area (Å²) < 4.78 is 11.3. The van der Waals surface area contributed by atoms with Gasteiger partial charge in [-0.15, -0.1) is 0 Å². The van der Waals surface area contributed by atoms with Crippen LogP contribution in [0.3, 0.4) is 0 Å². The van der Waals surface area contributed by atoms with E-state index in [-0.39, 0.29) is 17.1 Å². The van der Waals surface area contributed by atoms with Gasteiger partial charge in [0.1, 0.15) is 17.1 Å². The number of amides is 2. The van der Waals surface area contributed by atoms with Crippen LogP contribution in [0.5, 0.6) is 11.5 Å². The maximum atomic E-state index is 13.0. The van der Waals surface area contributed by atoms with Crippen molar-refractivity contribution in [2.24, 2.45) is 0 Å². The third-order valence-corrected chi connectivity index (χ3v) is 6.41. The van der Waals surface area contributed by atoms with Gasteiger partial charge in [0.25, 0.3) is 5.91 Å². The van der Waals surface area contributed by atoms with Gasteiger partial charge in [-0.25, -0.2) is 4.79 Å². The second-order valence-corrected chi connectivity index (χ2v) is 10.0. The Morgan fingerprint density at radius 3 is 2.55 bits per heavy atom. The van der Waals surface area contributed by atoms with E-state index in [2.05, 4.69) is 11.4 Å². The normalized spacial score (nSPS) is 16.8. The molecule has 2 aliphatic rings. The van der Waals surface area contributed by atoms with Crippen LogP contribution >= 0.6 is 0 Å². The summed E-state index contributed by atoms with van der Waals surface area (Å²) >= 11 is 0. The Hall–Kier alpha value is -3.22. The van der Waals surface area contributed by atoms with Gasteiger partial charge in [-0.2, -0.15) is 0 Å². The quantitative estimate of drug-likeness (QED) is 0.725. The zero-order chi connectivity index (χ0) is 23.8. The van der Waals surface area contributed by atoms with Gasteiger partial charge in [-0.05, 0) is 82.0 Å². The van der Waals surface area contributed by atoms with Crippen molar-refractivity contribution < 1.29 is 24.2 Å². The number of rotatable bonds is 3. The minimum Gasteiger partial charge on any atom is -0.508 e. The highest BCUT2D eigenvalue weighted by Gasteiger charge is 2.44. The van der Waals surface area contributed by atoms with Crippen LogP contribution in [0.2, 0.25) is 0 Å². The Morgan fingerprint density at radius 2 is 1.88 bits per heavy atom. The predicted octanol–water partition coefficient (Wildman–Crippen LogP) is 4.29. The molecule has 4 rings (SSSR count). The highest BCUT2D eigenvalue weighted by molar-refractivity contribution is 5.94. The third-order valence-electron chi connectivity index (χ3n) is 6.41. The van der Waals surface area contributed by atoms with Gasteiger partial charge < -0.3 is 24.8 Å². The molecule has 7 heteroatoms. The summed E-state index contributed by atoms with van der Waals surface area (Å²) in [4.78, 5) is 26.9. The molecule has 1 saturated heterocycles. The van der Waals surface area contributed by atoms with Gasteiger partial charge in [0, 0.05) is 36.2 Å². The molecular formula is C26H32N2O5. The Kier molecular flexibility index (Phi) is 5.99. The number of nitrogens with zero attached hydrogens (tertiary/aromatic N) is 1. The van der Waals surface area contributed by atoms with E-state index in [0.717, 1.165) is 29.7 Å². The minimum absolute atomic E-state index is 0.0117. The first-order valence-electron chi connectivity index (χ1n) is 11.4. The first-order valence-corrected chi connectivity index (χ1v) is 11.4. The number of phenolic OH excluding ortho intramolecular Hbond substituents is 1. The van der Waals surface area contributed by atoms with E-state index in [1.807, 2.05) is 37.8 Å². The van der Waals surface area contributed by atoms with E-state index in [0.29, 0.717) is 37.4 Å². The Bertz CT molecular complexity index is 1060. The SMILES string of the molecule is Cc1cc(C(=O)N2CCC3(CC2)COc2ccc(CNC(=O)OC(C)(C)C)cc23)ccc1O. The van der Waals surface area contributed by atoms with Crippen molar-refractivity contribution in [2.45, 2.75) is 58.1 Å². The van der Waals surface area contributed by atoms with Gasteiger partial charge in [0.05, 0.1) is 6.61 Å². The smallest absolute Gasteiger partial charge is 0.407 e. The number of aromatic hydroxyl groups is 1. The molecule has 2 aromatic carbocycles. The van der Waals surface area contributed by atoms with Gasteiger partial charge in [0.2, 0.25) is 0 Å². The van der Waals surface area contributed by atoms with Crippen LogP contribution in [0, 0.1) is 6.92 Å². The molecule has 0 bridgehead atoms. The molecule has 0 aliphatic carbocycles. The number of hydrogen-bond acceptors (Lipinski definition) is 5. The van der Waals surface area contributed by atoms with Crippen LogP contribution in [0.15, 0.2) is 36.4 Å². The van der Waals surface area contributed by atoms with Gasteiger partial charge in [-0.1, -0.05) is 6.07 Å². The topological polar surface area (TPSA) is 88.1 Å². The summed E-state index contributed by atoms with van der Waals surface area (Å²) in [6.45, 7) is 9.56. The first-order chi connectivity index (χ1) is 15.6. The zero-order valence-corrected chi connectivity index (χ0v) is 19.7. The number of hydrogen-bond donors (Lipinski definition) is 2. The highest BCUT2D eigenvalue weighted by atomic mass is 16.6. The lowest BCUT2D eigenvalue weighted by Crippen LogP contribution is -2.46. The van der Waals surface area contributed by atoms with E-state index in [4.69, 9.17) is 9.47 Å². The number of fused-ring (bicyclic) bond motifs is 2. The fourth-order valence-electron chi connectivity index (χ4n) is 4.53.